The van der Waals surface area contributed by atoms with Gasteiger partial charge in [0, 0.05) is 48.8 Å². The molecule has 4 atom stereocenters. The molecule has 0 saturated carbocycles. The molecule has 4 aromatic rings. The number of amides is 5. The number of ether oxygens (including phenoxy) is 2. The van der Waals surface area contributed by atoms with E-state index < -0.39 is 65.7 Å². The molecule has 5 amide bonds. The molecule has 1 aliphatic rings. The van der Waals surface area contributed by atoms with Gasteiger partial charge in [-0.15, -0.1) is 0 Å². The summed E-state index contributed by atoms with van der Waals surface area (Å²) in [6.45, 7) is 5.68. The number of hydrogen-bond donors (Lipinski definition) is 7. The Morgan fingerprint density at radius 3 is 2.10 bits per heavy atom. The molecule has 0 unspecified atom stereocenters. The van der Waals surface area contributed by atoms with Crippen molar-refractivity contribution in [2.75, 3.05) is 46.4 Å². The van der Waals surface area contributed by atoms with Gasteiger partial charge < -0.3 is 52.8 Å². The van der Waals surface area contributed by atoms with Crippen molar-refractivity contribution in [1.29, 1.82) is 5.26 Å². The fourth-order valence-corrected chi connectivity index (χ4v) is 7.80. The first-order valence-electron chi connectivity index (χ1n) is 22.1. The molecular formula is C49H59F2N9O7. The molecule has 5 rings (SSSR count). The van der Waals surface area contributed by atoms with Gasteiger partial charge in [-0.3, -0.25) is 24.0 Å². The first kappa shape index (κ1) is 51.1. The number of hydrogen-bond acceptors (Lipinski definition) is 11. The summed E-state index contributed by atoms with van der Waals surface area (Å²) in [4.78, 5) is 71.3. The van der Waals surface area contributed by atoms with E-state index in [0.29, 0.717) is 45.2 Å². The zero-order valence-corrected chi connectivity index (χ0v) is 38.1. The second-order valence-electron chi connectivity index (χ2n) is 16.6. The maximum Gasteiger partial charge on any atom is 0.264 e. The van der Waals surface area contributed by atoms with E-state index in [1.807, 2.05) is 30.3 Å². The third kappa shape index (κ3) is 13.1. The third-order valence-electron chi connectivity index (χ3n) is 11.1. The largest absolute Gasteiger partial charge is 0.492 e. The van der Waals surface area contributed by atoms with E-state index in [4.69, 9.17) is 31.9 Å². The lowest BCUT2D eigenvalue weighted by Crippen LogP contribution is -2.56. The van der Waals surface area contributed by atoms with Gasteiger partial charge in [0.2, 0.25) is 23.6 Å². The average molecular weight is 924 g/mol. The molecule has 1 heterocycles. The van der Waals surface area contributed by atoms with Crippen LogP contribution in [0.25, 0.3) is 22.3 Å². The number of nitriles is 1. The van der Waals surface area contributed by atoms with Gasteiger partial charge in [-0.1, -0.05) is 56.3 Å². The highest BCUT2D eigenvalue weighted by Gasteiger charge is 2.36. The van der Waals surface area contributed by atoms with Gasteiger partial charge in [-0.2, -0.15) is 5.26 Å². The Hall–Kier alpha value is -6.94. The topological polar surface area (TPSA) is 257 Å². The van der Waals surface area contributed by atoms with Crippen molar-refractivity contribution in [3.63, 3.8) is 0 Å². The summed E-state index contributed by atoms with van der Waals surface area (Å²) >= 11 is 0. The molecule has 67 heavy (non-hydrogen) atoms. The van der Waals surface area contributed by atoms with Gasteiger partial charge in [-0.05, 0) is 96.4 Å². The normalized spacial score (nSPS) is 16.5. The highest BCUT2D eigenvalue weighted by Crippen LogP contribution is 2.40. The first-order chi connectivity index (χ1) is 32.1. The molecule has 18 heteroatoms. The number of alkyl halides is 2. The van der Waals surface area contributed by atoms with Crippen LogP contribution < -0.4 is 47.9 Å². The van der Waals surface area contributed by atoms with E-state index in [0.717, 1.165) is 16.9 Å². The molecule has 4 aromatic carbocycles. The number of rotatable bonds is 18. The van der Waals surface area contributed by atoms with Crippen LogP contribution in [0.3, 0.4) is 0 Å². The number of nitrogens with two attached hydrogens (primary N) is 3. The van der Waals surface area contributed by atoms with E-state index in [-0.39, 0.29) is 63.4 Å². The molecule has 356 valence electrons. The van der Waals surface area contributed by atoms with Gasteiger partial charge in [0.15, 0.2) is 0 Å². The molecule has 0 radical (unpaired) electrons. The SMILES string of the molecule is CC(C)Cc1ccc(-c2ccc(C(=O)N[C@@H](CCN)C(=O)N(C)[C@@H]3C(=O)N[C@@H](C)C(=O)N[C@H](C(=O)NCC#N)Cc4ccc(OCCN)c(c4)-c4cc3ccc4OCCN)c(C(F)F)c2)cc1. The van der Waals surface area contributed by atoms with Crippen LogP contribution >= 0.6 is 0 Å². The van der Waals surface area contributed by atoms with Crippen LogP contribution in [0.2, 0.25) is 0 Å². The summed E-state index contributed by atoms with van der Waals surface area (Å²) in [5.74, 6) is -2.89. The van der Waals surface area contributed by atoms with Crippen LogP contribution in [-0.2, 0) is 32.0 Å². The molecule has 0 fully saturated rings. The smallest absolute Gasteiger partial charge is 0.264 e. The Balaban J connectivity index is 1.57. The minimum atomic E-state index is -3.05. The Kier molecular flexibility index (Phi) is 18.3. The fourth-order valence-electron chi connectivity index (χ4n) is 7.80. The van der Waals surface area contributed by atoms with E-state index in [1.165, 1.54) is 26.1 Å². The number of likely N-dealkylation sites (N-methyl/N-ethyl adjacent to an activating group) is 1. The van der Waals surface area contributed by atoms with Gasteiger partial charge in [0.05, 0.1) is 6.07 Å². The first-order valence-corrected chi connectivity index (χ1v) is 22.1. The molecule has 0 aromatic heterocycles. The summed E-state index contributed by atoms with van der Waals surface area (Å²) in [5.41, 5.74) is 20.6. The summed E-state index contributed by atoms with van der Waals surface area (Å²) in [5, 5.41) is 19.5. The van der Waals surface area contributed by atoms with Crippen LogP contribution in [0.15, 0.2) is 78.9 Å². The van der Waals surface area contributed by atoms with Crippen LogP contribution in [0.1, 0.15) is 72.3 Å². The van der Waals surface area contributed by atoms with Gasteiger partial charge in [0.1, 0.15) is 55.4 Å². The summed E-state index contributed by atoms with van der Waals surface area (Å²) in [7, 11) is 1.33. The molecule has 10 N–H and O–H groups in total. The molecule has 0 spiro atoms. The lowest BCUT2D eigenvalue weighted by Gasteiger charge is -2.32. The fraction of sp³-hybridized carbons (Fsp3) is 0.388. The number of benzene rings is 4. The second kappa shape index (κ2) is 24.0. The molecule has 1 aliphatic heterocycles. The molecule has 0 aliphatic carbocycles. The van der Waals surface area contributed by atoms with Gasteiger partial charge in [-0.25, -0.2) is 8.78 Å². The maximum absolute atomic E-state index is 14.7. The Labute approximate surface area is 388 Å². The van der Waals surface area contributed by atoms with E-state index >= 15 is 0 Å². The molecule has 16 nitrogen and oxygen atoms in total. The predicted octanol–water partition coefficient (Wildman–Crippen LogP) is 3.66. The molecule has 0 saturated heterocycles. The Morgan fingerprint density at radius 2 is 1.49 bits per heavy atom. The Morgan fingerprint density at radius 1 is 0.851 bits per heavy atom. The third-order valence-corrected chi connectivity index (χ3v) is 11.1. The number of fused-ring (bicyclic) bond motifs is 5. The maximum atomic E-state index is 14.7. The standard InChI is InChI=1S/C49H59F2N9O7/c1-28(2)23-30-5-8-32(9-6-30)33-10-12-35(38(26-33)44(50)51)46(62)58-39(15-16-52)49(65)60(4)43-34-11-14-42(67-22-19-55)37(27-34)36-24-31(7-13-41(36)66-21-18-54)25-40(47(63)56-20-17-53)59-45(61)29(3)57-48(43)64/h5-14,24,26-29,39-40,43-44H,15-16,18-23,25,52,54-55H2,1-4H3,(H,56,63)(H,57,64)(H,58,62)(H,59,61)/t29-,39-,40-,43-/m0/s1. The van der Waals surface area contributed by atoms with Crippen LogP contribution in [0, 0.1) is 17.2 Å². The zero-order valence-electron chi connectivity index (χ0n) is 38.1. The second-order valence-corrected chi connectivity index (χ2v) is 16.6. The van der Waals surface area contributed by atoms with Crippen LogP contribution in [0.5, 0.6) is 11.5 Å². The number of nitrogens with one attached hydrogen (secondary N) is 4. The number of halogens is 2. The predicted molar refractivity (Wildman–Crippen MR) is 249 cm³/mol. The minimum Gasteiger partial charge on any atom is -0.492 e. The lowest BCUT2D eigenvalue weighted by molar-refractivity contribution is -0.141. The number of carbonyl (C=O) groups excluding carboxylic acids is 5. The number of nitrogens with zero attached hydrogens (tertiary/aromatic N) is 2. The highest BCUT2D eigenvalue weighted by molar-refractivity contribution is 6.00. The van der Waals surface area contributed by atoms with Gasteiger partial charge in [0.25, 0.3) is 12.3 Å². The van der Waals surface area contributed by atoms with Crippen molar-refractivity contribution in [1.82, 2.24) is 26.2 Å². The lowest BCUT2D eigenvalue weighted by atomic mass is 9.93. The minimum absolute atomic E-state index is 0.0318. The van der Waals surface area contributed by atoms with Crippen molar-refractivity contribution in [3.05, 3.63) is 107 Å². The average Bonchev–Trinajstić information content (AvgIpc) is 3.31. The van der Waals surface area contributed by atoms with Crippen LogP contribution in [0.4, 0.5) is 8.78 Å². The Bertz CT molecular complexity index is 2440. The van der Waals surface area contributed by atoms with Crippen LogP contribution in [-0.4, -0.2) is 99.0 Å². The highest BCUT2D eigenvalue weighted by atomic mass is 19.3. The van der Waals surface area contributed by atoms with E-state index in [9.17, 15) is 32.8 Å². The molecular weight excluding hydrogens is 865 g/mol. The quantitative estimate of drug-likeness (QED) is 0.0709. The summed E-state index contributed by atoms with van der Waals surface area (Å²) < 4.78 is 41.5. The summed E-state index contributed by atoms with van der Waals surface area (Å²) in [6.07, 6.45) is -2.37. The molecule has 4 bridgehead atoms. The summed E-state index contributed by atoms with van der Waals surface area (Å²) in [6, 6.07) is 18.0. The number of carbonyl (C=O) groups is 5. The van der Waals surface area contributed by atoms with E-state index in [1.54, 1.807) is 42.5 Å². The zero-order chi connectivity index (χ0) is 48.8. The van der Waals surface area contributed by atoms with Crippen molar-refractivity contribution < 1.29 is 42.2 Å². The van der Waals surface area contributed by atoms with Crippen molar-refractivity contribution in [2.45, 2.75) is 70.6 Å². The van der Waals surface area contributed by atoms with Crippen molar-refractivity contribution in [3.8, 4) is 39.8 Å². The van der Waals surface area contributed by atoms with Gasteiger partial charge >= 0.3 is 0 Å². The van der Waals surface area contributed by atoms with Crippen molar-refractivity contribution >= 4 is 29.5 Å². The monoisotopic (exact) mass is 923 g/mol. The van der Waals surface area contributed by atoms with E-state index in [2.05, 4.69) is 35.1 Å². The van der Waals surface area contributed by atoms with Crippen molar-refractivity contribution in [2.24, 2.45) is 23.1 Å².